The molecule has 0 aliphatic carbocycles. The van der Waals surface area contributed by atoms with Gasteiger partial charge in [-0.2, -0.15) is 9.97 Å². The zero-order chi connectivity index (χ0) is 23.6. The van der Waals surface area contributed by atoms with Crippen LogP contribution in [0, 0.1) is 5.92 Å². The Morgan fingerprint density at radius 1 is 0.800 bits per heavy atom. The van der Waals surface area contributed by atoms with Crippen LogP contribution in [0.1, 0.15) is 25.7 Å². The molecule has 190 valence electrons. The van der Waals surface area contributed by atoms with Crippen molar-refractivity contribution in [3.8, 4) is 0 Å². The average molecular weight is 502 g/mol. The third-order valence-corrected chi connectivity index (χ3v) is 7.94. The van der Waals surface area contributed by atoms with Crippen LogP contribution in [0.5, 0.6) is 0 Å². The van der Waals surface area contributed by atoms with Gasteiger partial charge in [-0.3, -0.25) is 4.90 Å². The summed E-state index contributed by atoms with van der Waals surface area (Å²) >= 11 is 6.81. The Balaban J connectivity index is 1.31. The van der Waals surface area contributed by atoms with Crippen LogP contribution >= 0.6 is 11.6 Å². The molecular formula is C24H36ClN9O. The number of hydrogen-bond donors (Lipinski definition) is 1. The van der Waals surface area contributed by atoms with Gasteiger partial charge in [0, 0.05) is 72.0 Å². The standard InChI is InChI=1S/C24H36ClN9O/c25-20-23(34-9-3-4-18(17-34)16-31-12-14-35-15-13-31)28-21-19(27-20)22(32-7-1-2-8-32)30-24(29-21)33-10-5-26-6-11-33/h18,26H,1-17H2. The maximum absolute atomic E-state index is 6.81. The Hall–Kier alpha value is -2.01. The van der Waals surface area contributed by atoms with Crippen molar-refractivity contribution < 1.29 is 4.74 Å². The van der Waals surface area contributed by atoms with Gasteiger partial charge < -0.3 is 24.8 Å². The topological polar surface area (TPSA) is 85.8 Å². The molecule has 6 heterocycles. The first kappa shape index (κ1) is 23.4. The second kappa shape index (κ2) is 10.5. The van der Waals surface area contributed by atoms with Crippen molar-refractivity contribution in [2.24, 2.45) is 5.92 Å². The van der Waals surface area contributed by atoms with E-state index in [1.54, 1.807) is 0 Å². The average Bonchev–Trinajstić information content (AvgIpc) is 3.44. The Kier molecular flexibility index (Phi) is 7.04. The molecule has 0 spiro atoms. The summed E-state index contributed by atoms with van der Waals surface area (Å²) in [5.41, 5.74) is 1.38. The number of aromatic nitrogens is 4. The molecular weight excluding hydrogens is 466 g/mol. The quantitative estimate of drug-likeness (QED) is 0.652. The summed E-state index contributed by atoms with van der Waals surface area (Å²) < 4.78 is 5.53. The van der Waals surface area contributed by atoms with Gasteiger partial charge in [0.1, 0.15) is 0 Å². The van der Waals surface area contributed by atoms with Crippen molar-refractivity contribution in [3.63, 3.8) is 0 Å². The fraction of sp³-hybridized carbons (Fsp3) is 0.750. The molecule has 1 unspecified atom stereocenters. The number of fused-ring (bicyclic) bond motifs is 1. The molecule has 6 rings (SSSR count). The SMILES string of the molecule is Clc1nc2c(N3CCCC3)nc(N3CCNCC3)nc2nc1N1CCCC(CN2CCOCC2)C1. The molecule has 0 bridgehead atoms. The molecule has 11 heteroatoms. The number of morpholine rings is 1. The molecule has 10 nitrogen and oxygen atoms in total. The van der Waals surface area contributed by atoms with Gasteiger partial charge in [-0.25, -0.2) is 9.97 Å². The normalized spacial score (nSPS) is 24.5. The lowest BCUT2D eigenvalue weighted by atomic mass is 9.97. The highest BCUT2D eigenvalue weighted by Crippen LogP contribution is 2.33. The fourth-order valence-electron chi connectivity index (χ4n) is 5.81. The van der Waals surface area contributed by atoms with Crippen molar-refractivity contribution in [2.75, 3.05) is 99.9 Å². The maximum Gasteiger partial charge on any atom is 0.229 e. The molecule has 1 atom stereocenters. The van der Waals surface area contributed by atoms with Gasteiger partial charge in [0.15, 0.2) is 28.0 Å². The minimum absolute atomic E-state index is 0.462. The first-order valence-electron chi connectivity index (χ1n) is 13.3. The van der Waals surface area contributed by atoms with Gasteiger partial charge >= 0.3 is 0 Å². The molecule has 0 radical (unpaired) electrons. The molecule has 1 N–H and O–H groups in total. The maximum atomic E-state index is 6.81. The van der Waals surface area contributed by atoms with Crippen LogP contribution in [0.3, 0.4) is 0 Å². The van der Waals surface area contributed by atoms with Crippen LogP contribution in [0.15, 0.2) is 0 Å². The highest BCUT2D eigenvalue weighted by molar-refractivity contribution is 6.32. The molecule has 4 saturated heterocycles. The number of rotatable bonds is 5. The lowest BCUT2D eigenvalue weighted by molar-refractivity contribution is 0.0296. The van der Waals surface area contributed by atoms with Gasteiger partial charge in [-0.05, 0) is 31.6 Å². The number of hydrogen-bond acceptors (Lipinski definition) is 10. The van der Waals surface area contributed by atoms with Crippen LogP contribution in [-0.2, 0) is 4.74 Å². The fourth-order valence-corrected chi connectivity index (χ4v) is 6.05. The highest BCUT2D eigenvalue weighted by Gasteiger charge is 2.28. The summed E-state index contributed by atoms with van der Waals surface area (Å²) in [6.45, 7) is 12.4. The van der Waals surface area contributed by atoms with Crippen LogP contribution in [0.25, 0.3) is 11.2 Å². The summed E-state index contributed by atoms with van der Waals surface area (Å²) in [5.74, 6) is 3.00. The Morgan fingerprint density at radius 2 is 1.57 bits per heavy atom. The number of anilines is 3. The van der Waals surface area contributed by atoms with Crippen LogP contribution < -0.4 is 20.0 Å². The van der Waals surface area contributed by atoms with Crippen molar-refractivity contribution in [2.45, 2.75) is 25.7 Å². The summed E-state index contributed by atoms with van der Waals surface area (Å²) in [4.78, 5) is 29.2. The van der Waals surface area contributed by atoms with E-state index in [2.05, 4.69) is 24.9 Å². The van der Waals surface area contributed by atoms with E-state index in [9.17, 15) is 0 Å². The van der Waals surface area contributed by atoms with E-state index >= 15 is 0 Å². The second-order valence-electron chi connectivity index (χ2n) is 10.2. The first-order valence-corrected chi connectivity index (χ1v) is 13.6. The predicted molar refractivity (Wildman–Crippen MR) is 139 cm³/mol. The van der Waals surface area contributed by atoms with E-state index < -0.39 is 0 Å². The van der Waals surface area contributed by atoms with Crippen LogP contribution in [-0.4, -0.2) is 110 Å². The summed E-state index contributed by atoms with van der Waals surface area (Å²) in [5, 5.41) is 3.88. The van der Waals surface area contributed by atoms with Crippen LogP contribution in [0.2, 0.25) is 5.15 Å². The summed E-state index contributed by atoms with van der Waals surface area (Å²) in [6.07, 6.45) is 4.72. The summed E-state index contributed by atoms with van der Waals surface area (Å²) in [7, 11) is 0. The van der Waals surface area contributed by atoms with Gasteiger partial charge in [-0.1, -0.05) is 11.6 Å². The Bertz CT molecular complexity index is 1020. The van der Waals surface area contributed by atoms with E-state index in [4.69, 9.17) is 36.3 Å². The van der Waals surface area contributed by atoms with E-state index in [0.717, 1.165) is 115 Å². The van der Waals surface area contributed by atoms with Crippen molar-refractivity contribution in [3.05, 3.63) is 5.15 Å². The molecule has 0 aromatic carbocycles. The van der Waals surface area contributed by atoms with Gasteiger partial charge in [-0.15, -0.1) is 0 Å². The largest absolute Gasteiger partial charge is 0.379 e. The minimum Gasteiger partial charge on any atom is -0.379 e. The lowest BCUT2D eigenvalue weighted by Crippen LogP contribution is -2.45. The molecule has 4 aliphatic heterocycles. The van der Waals surface area contributed by atoms with E-state index in [1.165, 1.54) is 19.3 Å². The minimum atomic E-state index is 0.462. The number of ether oxygens (including phenoxy) is 1. The lowest BCUT2D eigenvalue weighted by Gasteiger charge is -2.37. The van der Waals surface area contributed by atoms with Crippen molar-refractivity contribution >= 4 is 40.3 Å². The Labute approximate surface area is 212 Å². The van der Waals surface area contributed by atoms with Crippen molar-refractivity contribution in [1.29, 1.82) is 0 Å². The molecule has 2 aromatic heterocycles. The summed E-state index contributed by atoms with van der Waals surface area (Å²) in [6, 6.07) is 0. The molecule has 4 fully saturated rings. The number of nitrogens with zero attached hydrogens (tertiary/aromatic N) is 8. The number of nitrogens with one attached hydrogen (secondary N) is 1. The van der Waals surface area contributed by atoms with E-state index in [1.807, 2.05) is 0 Å². The van der Waals surface area contributed by atoms with E-state index in [-0.39, 0.29) is 0 Å². The smallest absolute Gasteiger partial charge is 0.229 e. The second-order valence-corrected chi connectivity index (χ2v) is 10.5. The highest BCUT2D eigenvalue weighted by atomic mass is 35.5. The Morgan fingerprint density at radius 3 is 2.37 bits per heavy atom. The molecule has 4 aliphatic rings. The van der Waals surface area contributed by atoms with Gasteiger partial charge in [0.05, 0.1) is 13.2 Å². The predicted octanol–water partition coefficient (Wildman–Crippen LogP) is 1.63. The first-order chi connectivity index (χ1) is 17.2. The number of piperidine rings is 1. The number of halogens is 1. The molecule has 0 amide bonds. The third kappa shape index (κ3) is 5.12. The molecule has 35 heavy (non-hydrogen) atoms. The third-order valence-electron chi connectivity index (χ3n) is 7.69. The van der Waals surface area contributed by atoms with Gasteiger partial charge in [0.25, 0.3) is 0 Å². The van der Waals surface area contributed by atoms with E-state index in [0.29, 0.717) is 16.7 Å². The van der Waals surface area contributed by atoms with Crippen LogP contribution in [0.4, 0.5) is 17.6 Å². The van der Waals surface area contributed by atoms with Crippen molar-refractivity contribution in [1.82, 2.24) is 30.2 Å². The molecule has 0 saturated carbocycles. The number of piperazine rings is 1. The zero-order valence-corrected chi connectivity index (χ0v) is 21.2. The monoisotopic (exact) mass is 501 g/mol. The zero-order valence-electron chi connectivity index (χ0n) is 20.5. The molecule has 2 aromatic rings. The van der Waals surface area contributed by atoms with Gasteiger partial charge in [0.2, 0.25) is 5.95 Å².